The van der Waals surface area contributed by atoms with Gasteiger partial charge in [-0.1, -0.05) is 18.2 Å². The number of fused-ring (bicyclic) bond motifs is 1. The number of para-hydroxylation sites is 1. The Labute approximate surface area is 224 Å². The standard InChI is InChI=1S/C23H30ClN6O7P/c1-13(2)35-21(32)14(3)29-38(33,37-15-8-6-5-7-9-15)34-10-16-18(31)23(4,24)22(36-16)30-12-28-17-19(25)26-11-27-20(17)30/h5-9,11-14,16,18,22,31H,10H2,1-4H3,(H,29,33)(H2,25,26,27)/t14-,16?,18-,22-,23-,38?/m1/s1. The van der Waals surface area contributed by atoms with Crippen molar-refractivity contribution in [3.05, 3.63) is 43.0 Å². The maximum atomic E-state index is 13.8. The summed E-state index contributed by atoms with van der Waals surface area (Å²) in [6.07, 6.45) is -0.895. The number of aliphatic hydroxyl groups is 1. The lowest BCUT2D eigenvalue weighted by Gasteiger charge is -2.26. The number of nitrogens with zero attached hydrogens (tertiary/aromatic N) is 4. The Balaban J connectivity index is 1.54. The molecular weight excluding hydrogens is 539 g/mol. The minimum atomic E-state index is -4.18. The Hall–Kier alpha value is -2.80. The molecule has 15 heteroatoms. The quantitative estimate of drug-likeness (QED) is 0.186. The van der Waals surface area contributed by atoms with Crippen LogP contribution in [0.4, 0.5) is 5.82 Å². The van der Waals surface area contributed by atoms with Crippen LogP contribution in [0.5, 0.6) is 5.75 Å². The summed E-state index contributed by atoms with van der Waals surface area (Å²) in [5.74, 6) is -0.221. The van der Waals surface area contributed by atoms with Gasteiger partial charge in [0.1, 0.15) is 40.7 Å². The number of alkyl halides is 1. The Morgan fingerprint density at radius 1 is 1.29 bits per heavy atom. The van der Waals surface area contributed by atoms with Gasteiger partial charge in [0.25, 0.3) is 0 Å². The first kappa shape index (κ1) is 28.2. The van der Waals surface area contributed by atoms with E-state index < -0.39 is 49.7 Å². The van der Waals surface area contributed by atoms with Crippen LogP contribution in [0.1, 0.15) is 33.9 Å². The predicted octanol–water partition coefficient (Wildman–Crippen LogP) is 2.80. The third kappa shape index (κ3) is 5.93. The summed E-state index contributed by atoms with van der Waals surface area (Å²) in [4.78, 5) is 23.4. The lowest BCUT2D eigenvalue weighted by Crippen LogP contribution is -2.40. The van der Waals surface area contributed by atoms with Crippen LogP contribution in [-0.4, -0.2) is 66.4 Å². The summed E-state index contributed by atoms with van der Waals surface area (Å²) >= 11 is 6.73. The summed E-state index contributed by atoms with van der Waals surface area (Å²) in [6, 6.07) is 7.27. The maximum absolute atomic E-state index is 13.8. The van der Waals surface area contributed by atoms with Crippen molar-refractivity contribution < 1.29 is 33.0 Å². The molecule has 4 N–H and O–H groups in total. The number of anilines is 1. The number of nitrogens with one attached hydrogen (secondary N) is 1. The molecule has 0 amide bonds. The van der Waals surface area contributed by atoms with Gasteiger partial charge in [-0.2, -0.15) is 5.09 Å². The second kappa shape index (κ2) is 11.1. The molecule has 3 aromatic rings. The molecule has 1 aliphatic rings. The second-order valence-electron chi connectivity index (χ2n) is 9.24. The number of carbonyl (C=O) groups excluding carboxylic acids is 1. The van der Waals surface area contributed by atoms with E-state index in [1.807, 2.05) is 0 Å². The number of nitrogens with two attached hydrogens (primary N) is 1. The molecule has 2 aromatic heterocycles. The largest absolute Gasteiger partial charge is 0.462 e. The molecule has 1 aromatic carbocycles. The number of halogens is 1. The monoisotopic (exact) mass is 568 g/mol. The van der Waals surface area contributed by atoms with Crippen molar-refractivity contribution in [3.8, 4) is 5.75 Å². The second-order valence-corrected chi connectivity index (χ2v) is 11.7. The summed E-state index contributed by atoms with van der Waals surface area (Å²) < 4.78 is 37.8. The number of aliphatic hydroxyl groups excluding tert-OH is 1. The molecule has 0 radical (unpaired) electrons. The van der Waals surface area contributed by atoms with Crippen LogP contribution >= 0.6 is 19.3 Å². The molecule has 1 fully saturated rings. The number of hydrogen-bond acceptors (Lipinski definition) is 11. The molecule has 38 heavy (non-hydrogen) atoms. The number of aromatic nitrogens is 4. The van der Waals surface area contributed by atoms with E-state index >= 15 is 0 Å². The molecule has 0 bridgehead atoms. The molecule has 0 saturated carbocycles. The highest BCUT2D eigenvalue weighted by Gasteiger charge is 2.54. The molecule has 13 nitrogen and oxygen atoms in total. The van der Waals surface area contributed by atoms with Gasteiger partial charge in [-0.3, -0.25) is 13.9 Å². The van der Waals surface area contributed by atoms with Crippen LogP contribution in [-0.2, 0) is 23.4 Å². The van der Waals surface area contributed by atoms with Crippen molar-refractivity contribution in [1.82, 2.24) is 24.6 Å². The topological polar surface area (TPSA) is 173 Å². The van der Waals surface area contributed by atoms with Crippen molar-refractivity contribution in [3.63, 3.8) is 0 Å². The highest BCUT2D eigenvalue weighted by molar-refractivity contribution is 7.52. The summed E-state index contributed by atoms with van der Waals surface area (Å²) in [5.41, 5.74) is 6.60. The Morgan fingerprint density at radius 3 is 2.68 bits per heavy atom. The third-order valence-electron chi connectivity index (χ3n) is 5.79. The fourth-order valence-electron chi connectivity index (χ4n) is 3.90. The van der Waals surface area contributed by atoms with Gasteiger partial charge < -0.3 is 24.8 Å². The summed E-state index contributed by atoms with van der Waals surface area (Å²) in [6.45, 7) is 6.06. The highest BCUT2D eigenvalue weighted by atomic mass is 35.5. The van der Waals surface area contributed by atoms with Gasteiger partial charge in [0, 0.05) is 0 Å². The molecule has 2 unspecified atom stereocenters. The number of carbonyl (C=O) groups is 1. The summed E-state index contributed by atoms with van der Waals surface area (Å²) in [7, 11) is -4.18. The Kier molecular flexibility index (Phi) is 8.26. The average molecular weight is 569 g/mol. The molecule has 206 valence electrons. The van der Waals surface area contributed by atoms with Gasteiger partial charge in [0.2, 0.25) is 0 Å². The zero-order valence-electron chi connectivity index (χ0n) is 21.2. The van der Waals surface area contributed by atoms with E-state index in [0.29, 0.717) is 11.2 Å². The van der Waals surface area contributed by atoms with Gasteiger partial charge >= 0.3 is 13.7 Å². The van der Waals surface area contributed by atoms with E-state index in [4.69, 9.17) is 35.9 Å². The highest BCUT2D eigenvalue weighted by Crippen LogP contribution is 2.48. The van der Waals surface area contributed by atoms with Crippen LogP contribution in [0.15, 0.2) is 43.0 Å². The van der Waals surface area contributed by atoms with Crippen molar-refractivity contribution in [2.24, 2.45) is 0 Å². The van der Waals surface area contributed by atoms with E-state index in [1.165, 1.54) is 24.1 Å². The minimum Gasteiger partial charge on any atom is -0.462 e. The van der Waals surface area contributed by atoms with E-state index in [1.54, 1.807) is 51.1 Å². The van der Waals surface area contributed by atoms with E-state index in [0.717, 1.165) is 0 Å². The first-order chi connectivity index (χ1) is 17.9. The molecule has 0 spiro atoms. The fraction of sp³-hybridized carbons (Fsp3) is 0.478. The molecule has 3 heterocycles. The Bertz CT molecular complexity index is 1320. The van der Waals surface area contributed by atoms with Crippen molar-refractivity contribution in [2.75, 3.05) is 12.3 Å². The molecule has 0 aliphatic carbocycles. The van der Waals surface area contributed by atoms with Crippen LogP contribution in [0.25, 0.3) is 11.2 Å². The zero-order valence-corrected chi connectivity index (χ0v) is 22.9. The van der Waals surface area contributed by atoms with Crippen LogP contribution in [0.3, 0.4) is 0 Å². The molecule has 1 saturated heterocycles. The molecular formula is C23H30ClN6O7P. The SMILES string of the molecule is CC(C)OC(=O)[C@@H](C)NP(=O)(OCC1O[C@@H](n2cnc3c(N)ncnc32)[C@](C)(Cl)[C@@H]1O)Oc1ccccc1. The maximum Gasteiger partial charge on any atom is 0.459 e. The number of esters is 1. The predicted molar refractivity (Wildman–Crippen MR) is 138 cm³/mol. The number of imidazole rings is 1. The number of rotatable bonds is 10. The number of hydrogen-bond donors (Lipinski definition) is 3. The number of nitrogen functional groups attached to an aromatic ring is 1. The van der Waals surface area contributed by atoms with Gasteiger partial charge in [-0.25, -0.2) is 19.5 Å². The molecule has 4 rings (SSSR count). The first-order valence-electron chi connectivity index (χ1n) is 11.8. The van der Waals surface area contributed by atoms with Gasteiger partial charge in [0.15, 0.2) is 17.7 Å². The van der Waals surface area contributed by atoms with Crippen LogP contribution in [0, 0.1) is 0 Å². The van der Waals surface area contributed by atoms with Crippen molar-refractivity contribution in [1.29, 1.82) is 0 Å². The fourth-order valence-corrected chi connectivity index (χ4v) is 5.70. The van der Waals surface area contributed by atoms with E-state index in [2.05, 4.69) is 20.0 Å². The minimum absolute atomic E-state index is 0.179. The van der Waals surface area contributed by atoms with Gasteiger partial charge in [-0.15, -0.1) is 11.6 Å². The van der Waals surface area contributed by atoms with E-state index in [9.17, 15) is 14.5 Å². The number of benzene rings is 1. The number of ether oxygens (including phenoxy) is 2. The first-order valence-corrected chi connectivity index (χ1v) is 13.8. The lowest BCUT2D eigenvalue weighted by atomic mass is 10.0. The molecule has 1 aliphatic heterocycles. The normalized spacial score (nSPS) is 25.8. The lowest BCUT2D eigenvalue weighted by molar-refractivity contribution is -0.149. The molecule has 6 atom stereocenters. The smallest absolute Gasteiger partial charge is 0.459 e. The Morgan fingerprint density at radius 2 is 2.00 bits per heavy atom. The van der Waals surface area contributed by atoms with Crippen LogP contribution < -0.4 is 15.3 Å². The summed E-state index contributed by atoms with van der Waals surface area (Å²) in [5, 5.41) is 13.6. The van der Waals surface area contributed by atoms with Gasteiger partial charge in [0.05, 0.1) is 19.0 Å². The average Bonchev–Trinajstić information content (AvgIpc) is 3.37. The zero-order chi connectivity index (χ0) is 27.7. The third-order valence-corrected chi connectivity index (χ3v) is 7.85. The van der Waals surface area contributed by atoms with Crippen LogP contribution in [0.2, 0.25) is 0 Å². The van der Waals surface area contributed by atoms with Crippen molar-refractivity contribution in [2.45, 2.75) is 63.2 Å². The van der Waals surface area contributed by atoms with Crippen molar-refractivity contribution >= 4 is 42.3 Å². The van der Waals surface area contributed by atoms with E-state index in [-0.39, 0.29) is 17.7 Å². The van der Waals surface area contributed by atoms with Gasteiger partial charge in [-0.05, 0) is 39.8 Å².